The Hall–Kier alpha value is -4.26. The average molecular weight is 497 g/mol. The van der Waals surface area contributed by atoms with Gasteiger partial charge in [0.15, 0.2) is 0 Å². The molecule has 188 valence electrons. The molecule has 5 rings (SSSR count). The van der Waals surface area contributed by atoms with Crippen molar-refractivity contribution < 1.29 is 14.0 Å². The molecule has 1 N–H and O–H groups in total. The number of anilines is 1. The fourth-order valence-electron chi connectivity index (χ4n) is 4.66. The fourth-order valence-corrected chi connectivity index (χ4v) is 4.66. The van der Waals surface area contributed by atoms with E-state index in [0.29, 0.717) is 23.7 Å². The number of nitrogens with one attached hydrogen (secondary N) is 1. The van der Waals surface area contributed by atoms with Gasteiger partial charge in [0.05, 0.1) is 17.9 Å². The molecule has 1 fully saturated rings. The zero-order chi connectivity index (χ0) is 25.8. The van der Waals surface area contributed by atoms with E-state index in [1.165, 1.54) is 17.7 Å². The number of benzene rings is 3. The Labute approximate surface area is 215 Å². The molecule has 6 nitrogen and oxygen atoms in total. The van der Waals surface area contributed by atoms with Crippen LogP contribution in [0.15, 0.2) is 91.0 Å². The molecular weight excluding hydrogens is 467 g/mol. The summed E-state index contributed by atoms with van der Waals surface area (Å²) in [5.41, 5.74) is 3.34. The zero-order valence-corrected chi connectivity index (χ0v) is 20.7. The van der Waals surface area contributed by atoms with E-state index in [1.54, 1.807) is 27.8 Å². The van der Waals surface area contributed by atoms with E-state index in [0.717, 1.165) is 18.4 Å². The first kappa shape index (κ1) is 24.4. The lowest BCUT2D eigenvalue weighted by Gasteiger charge is -2.22. The Balaban J connectivity index is 1.34. The van der Waals surface area contributed by atoms with Crippen LogP contribution in [0.1, 0.15) is 31.2 Å². The van der Waals surface area contributed by atoms with Crippen LogP contribution in [0.5, 0.6) is 0 Å². The molecule has 1 aliphatic rings. The van der Waals surface area contributed by atoms with Crippen LogP contribution in [0, 0.1) is 11.7 Å². The van der Waals surface area contributed by atoms with E-state index in [4.69, 9.17) is 0 Å². The highest BCUT2D eigenvalue weighted by Gasteiger charge is 2.45. The number of hydrogen-bond donors (Lipinski definition) is 1. The lowest BCUT2D eigenvalue weighted by atomic mass is 10.1. The highest BCUT2D eigenvalue weighted by Crippen LogP contribution is 2.48. The van der Waals surface area contributed by atoms with Crippen LogP contribution in [0.4, 0.5) is 10.2 Å². The van der Waals surface area contributed by atoms with Crippen molar-refractivity contribution in [2.24, 2.45) is 5.92 Å². The van der Waals surface area contributed by atoms with Gasteiger partial charge in [-0.2, -0.15) is 5.10 Å². The van der Waals surface area contributed by atoms with E-state index in [1.807, 2.05) is 55.5 Å². The van der Waals surface area contributed by atoms with E-state index in [-0.39, 0.29) is 36.0 Å². The number of rotatable bonds is 9. The lowest BCUT2D eigenvalue weighted by molar-refractivity contribution is -0.136. The van der Waals surface area contributed by atoms with Gasteiger partial charge in [-0.3, -0.25) is 9.59 Å². The van der Waals surface area contributed by atoms with Gasteiger partial charge in [0.1, 0.15) is 11.6 Å². The molecule has 0 spiro atoms. The van der Waals surface area contributed by atoms with E-state index in [9.17, 15) is 14.0 Å². The molecule has 37 heavy (non-hydrogen) atoms. The molecule has 0 saturated heterocycles. The smallest absolute Gasteiger partial charge is 0.245 e. The van der Waals surface area contributed by atoms with E-state index >= 15 is 0 Å². The summed E-state index contributed by atoms with van der Waals surface area (Å²) < 4.78 is 15.1. The number of carbonyl (C=O) groups is 2. The van der Waals surface area contributed by atoms with Crippen molar-refractivity contribution in [3.05, 3.63) is 102 Å². The molecule has 1 aliphatic carbocycles. The molecule has 1 saturated carbocycles. The summed E-state index contributed by atoms with van der Waals surface area (Å²) in [5, 5.41) is 7.60. The first-order chi connectivity index (χ1) is 18.0. The third-order valence-electron chi connectivity index (χ3n) is 6.59. The topological polar surface area (TPSA) is 67.2 Å². The second-order valence-corrected chi connectivity index (χ2v) is 9.34. The standard InChI is InChI=1S/C30H29FN4O2/c1-2-17-34(30(37)26-18-25(26)21-9-5-3-6-10-21)20-29(36)32-28-19-27(22-11-7-4-8-12-22)33-35(28)24-15-13-23(31)14-16-24/h3-16,19,25-26H,2,17-18,20H2,1H3,(H,32,36). The Morgan fingerprint density at radius 3 is 2.35 bits per heavy atom. The van der Waals surface area contributed by atoms with E-state index < -0.39 is 0 Å². The van der Waals surface area contributed by atoms with Gasteiger partial charge in [0.2, 0.25) is 11.8 Å². The molecule has 2 atom stereocenters. The van der Waals surface area contributed by atoms with Crippen molar-refractivity contribution in [1.82, 2.24) is 14.7 Å². The number of amides is 2. The number of halogens is 1. The molecular formula is C30H29FN4O2. The van der Waals surface area contributed by atoms with Crippen molar-refractivity contribution in [3.63, 3.8) is 0 Å². The Morgan fingerprint density at radius 1 is 1.00 bits per heavy atom. The lowest BCUT2D eigenvalue weighted by Crippen LogP contribution is -2.39. The third-order valence-corrected chi connectivity index (χ3v) is 6.59. The van der Waals surface area contributed by atoms with Crippen molar-refractivity contribution in [3.8, 4) is 16.9 Å². The maximum Gasteiger partial charge on any atom is 0.245 e. The van der Waals surface area contributed by atoms with Gasteiger partial charge >= 0.3 is 0 Å². The molecule has 7 heteroatoms. The number of nitrogens with zero attached hydrogens (tertiary/aromatic N) is 3. The van der Waals surface area contributed by atoms with Gasteiger partial charge < -0.3 is 10.2 Å². The zero-order valence-electron chi connectivity index (χ0n) is 20.7. The minimum atomic E-state index is -0.354. The van der Waals surface area contributed by atoms with Crippen molar-refractivity contribution in [2.45, 2.75) is 25.7 Å². The summed E-state index contributed by atoms with van der Waals surface area (Å²) >= 11 is 0. The predicted octanol–water partition coefficient (Wildman–Crippen LogP) is 5.66. The van der Waals surface area contributed by atoms with Crippen molar-refractivity contribution >= 4 is 17.6 Å². The minimum absolute atomic E-state index is 0.0165. The molecule has 1 aromatic heterocycles. The van der Waals surface area contributed by atoms with Gasteiger partial charge in [0, 0.05) is 24.1 Å². The van der Waals surface area contributed by atoms with Crippen LogP contribution in [-0.4, -0.2) is 39.6 Å². The Morgan fingerprint density at radius 2 is 1.68 bits per heavy atom. The molecule has 3 aromatic carbocycles. The highest BCUT2D eigenvalue weighted by molar-refractivity contribution is 5.95. The summed E-state index contributed by atoms with van der Waals surface area (Å²) in [5.74, 6) is -0.0644. The van der Waals surface area contributed by atoms with Gasteiger partial charge in [-0.1, -0.05) is 67.6 Å². The Bertz CT molecular complexity index is 1370. The predicted molar refractivity (Wildman–Crippen MR) is 142 cm³/mol. The third kappa shape index (κ3) is 5.61. The van der Waals surface area contributed by atoms with Gasteiger partial charge in [-0.15, -0.1) is 0 Å². The first-order valence-corrected chi connectivity index (χ1v) is 12.6. The number of aromatic nitrogens is 2. The molecule has 1 heterocycles. The second-order valence-electron chi connectivity index (χ2n) is 9.34. The maximum absolute atomic E-state index is 13.5. The SMILES string of the molecule is CCCN(CC(=O)Nc1cc(-c2ccccc2)nn1-c1ccc(F)cc1)C(=O)C1CC1c1ccccc1. The van der Waals surface area contributed by atoms with Crippen LogP contribution < -0.4 is 5.32 Å². The maximum atomic E-state index is 13.5. The molecule has 0 radical (unpaired) electrons. The Kier molecular flexibility index (Phi) is 7.12. The molecule has 4 aromatic rings. The van der Waals surface area contributed by atoms with Crippen LogP contribution in [0.25, 0.3) is 16.9 Å². The number of hydrogen-bond acceptors (Lipinski definition) is 3. The second kappa shape index (κ2) is 10.8. The highest BCUT2D eigenvalue weighted by atomic mass is 19.1. The summed E-state index contributed by atoms with van der Waals surface area (Å²) in [6.07, 6.45) is 1.57. The molecule has 2 unspecified atom stereocenters. The van der Waals surface area contributed by atoms with Crippen LogP contribution >= 0.6 is 0 Å². The summed E-state index contributed by atoms with van der Waals surface area (Å²) in [6.45, 7) is 2.46. The first-order valence-electron chi connectivity index (χ1n) is 12.6. The van der Waals surface area contributed by atoms with Crippen LogP contribution in [0.3, 0.4) is 0 Å². The number of carbonyl (C=O) groups excluding carboxylic acids is 2. The molecule has 0 aliphatic heterocycles. The summed E-state index contributed by atoms with van der Waals surface area (Å²) in [7, 11) is 0. The summed E-state index contributed by atoms with van der Waals surface area (Å²) in [4.78, 5) is 28.1. The largest absolute Gasteiger partial charge is 0.333 e. The van der Waals surface area contributed by atoms with Crippen LogP contribution in [-0.2, 0) is 9.59 Å². The van der Waals surface area contributed by atoms with E-state index in [2.05, 4.69) is 22.5 Å². The quantitative estimate of drug-likeness (QED) is 0.325. The molecule has 0 bridgehead atoms. The van der Waals surface area contributed by atoms with Gasteiger partial charge in [-0.05, 0) is 48.6 Å². The van der Waals surface area contributed by atoms with Gasteiger partial charge in [0.25, 0.3) is 0 Å². The van der Waals surface area contributed by atoms with Crippen LogP contribution in [0.2, 0.25) is 0 Å². The monoisotopic (exact) mass is 496 g/mol. The molecule has 2 amide bonds. The van der Waals surface area contributed by atoms with Gasteiger partial charge in [-0.25, -0.2) is 9.07 Å². The average Bonchev–Trinajstić information content (AvgIpc) is 3.62. The summed E-state index contributed by atoms with van der Waals surface area (Å²) in [6, 6.07) is 27.4. The minimum Gasteiger partial charge on any atom is -0.333 e. The fraction of sp³-hybridized carbons (Fsp3) is 0.233. The van der Waals surface area contributed by atoms with Crippen molar-refractivity contribution in [1.29, 1.82) is 0 Å². The van der Waals surface area contributed by atoms with Crippen molar-refractivity contribution in [2.75, 3.05) is 18.4 Å². The normalized spacial score (nSPS) is 16.3.